The van der Waals surface area contributed by atoms with Crippen LogP contribution in [0.2, 0.25) is 0 Å². The van der Waals surface area contributed by atoms with Crippen molar-refractivity contribution in [3.63, 3.8) is 0 Å². The summed E-state index contributed by atoms with van der Waals surface area (Å²) in [7, 11) is 3.42. The smallest absolute Gasteiger partial charge is 0.299 e. The Labute approximate surface area is 163 Å². The SMILES string of the molecule is COc1ccc2c(c1)c(C(=O)c1nc(-c3c[nH]c4ccc(F)cc34)no1)cn2C. The zero-order valence-corrected chi connectivity index (χ0v) is 15.6. The van der Waals surface area contributed by atoms with Gasteiger partial charge in [-0.15, -0.1) is 0 Å². The maximum absolute atomic E-state index is 13.6. The number of carbonyl (C=O) groups is 1. The average Bonchev–Trinajstić information content (AvgIpc) is 3.44. The molecule has 0 aliphatic carbocycles. The molecule has 5 rings (SSSR count). The van der Waals surface area contributed by atoms with Crippen LogP contribution in [0.4, 0.5) is 4.39 Å². The van der Waals surface area contributed by atoms with Crippen molar-refractivity contribution in [1.29, 1.82) is 0 Å². The van der Waals surface area contributed by atoms with Gasteiger partial charge in [0.25, 0.3) is 11.7 Å². The van der Waals surface area contributed by atoms with Gasteiger partial charge in [-0.25, -0.2) is 4.39 Å². The summed E-state index contributed by atoms with van der Waals surface area (Å²) in [5.41, 5.74) is 2.60. The second-order valence-corrected chi connectivity index (χ2v) is 6.68. The Kier molecular flexibility index (Phi) is 3.73. The predicted octanol–water partition coefficient (Wildman–Crippen LogP) is 4.09. The van der Waals surface area contributed by atoms with Crippen molar-refractivity contribution in [2.45, 2.75) is 0 Å². The Balaban J connectivity index is 1.58. The van der Waals surface area contributed by atoms with E-state index in [1.807, 2.05) is 23.7 Å². The maximum Gasteiger partial charge on any atom is 0.299 e. The molecule has 0 aliphatic heterocycles. The molecule has 144 valence electrons. The van der Waals surface area contributed by atoms with E-state index in [2.05, 4.69) is 15.1 Å². The average molecular weight is 390 g/mol. The fourth-order valence-corrected chi connectivity index (χ4v) is 3.50. The first-order chi connectivity index (χ1) is 14.0. The molecule has 0 aliphatic rings. The molecule has 3 heterocycles. The minimum Gasteiger partial charge on any atom is -0.497 e. The summed E-state index contributed by atoms with van der Waals surface area (Å²) in [4.78, 5) is 20.3. The fraction of sp³-hybridized carbons (Fsp3) is 0.0952. The molecule has 0 atom stereocenters. The van der Waals surface area contributed by atoms with Crippen molar-refractivity contribution in [2.75, 3.05) is 7.11 Å². The van der Waals surface area contributed by atoms with E-state index in [1.54, 1.807) is 31.6 Å². The van der Waals surface area contributed by atoms with Gasteiger partial charge in [0, 0.05) is 46.8 Å². The number of rotatable bonds is 4. The van der Waals surface area contributed by atoms with Gasteiger partial charge < -0.3 is 18.8 Å². The van der Waals surface area contributed by atoms with E-state index in [4.69, 9.17) is 9.26 Å². The van der Waals surface area contributed by atoms with Crippen LogP contribution in [0.3, 0.4) is 0 Å². The second kappa shape index (κ2) is 6.30. The van der Waals surface area contributed by atoms with Gasteiger partial charge in [0.1, 0.15) is 11.6 Å². The molecule has 0 unspecified atom stereocenters. The van der Waals surface area contributed by atoms with Gasteiger partial charge in [-0.05, 0) is 36.4 Å². The number of aromatic amines is 1. The molecule has 29 heavy (non-hydrogen) atoms. The molecule has 0 fully saturated rings. The number of methoxy groups -OCH3 is 1. The zero-order valence-electron chi connectivity index (χ0n) is 15.6. The number of aromatic nitrogens is 4. The van der Waals surface area contributed by atoms with Gasteiger partial charge >= 0.3 is 0 Å². The maximum atomic E-state index is 13.6. The first-order valence-electron chi connectivity index (χ1n) is 8.83. The lowest BCUT2D eigenvalue weighted by atomic mass is 10.1. The zero-order chi connectivity index (χ0) is 20.1. The minimum absolute atomic E-state index is 0.138. The molecular weight excluding hydrogens is 375 g/mol. The van der Waals surface area contributed by atoms with Crippen LogP contribution in [0.15, 0.2) is 53.3 Å². The number of ketones is 1. The number of nitrogens with zero attached hydrogens (tertiary/aromatic N) is 3. The molecule has 1 N–H and O–H groups in total. The number of carbonyl (C=O) groups excluding carboxylic acids is 1. The lowest BCUT2D eigenvalue weighted by Gasteiger charge is -2.01. The van der Waals surface area contributed by atoms with Gasteiger partial charge in [0.15, 0.2) is 0 Å². The quantitative estimate of drug-likeness (QED) is 0.467. The highest BCUT2D eigenvalue weighted by molar-refractivity contribution is 6.14. The number of aryl methyl sites for hydroxylation is 1. The van der Waals surface area contributed by atoms with Gasteiger partial charge in [-0.3, -0.25) is 4.79 Å². The van der Waals surface area contributed by atoms with E-state index >= 15 is 0 Å². The number of fused-ring (bicyclic) bond motifs is 2. The lowest BCUT2D eigenvalue weighted by molar-refractivity contribution is 0.0995. The summed E-state index contributed by atoms with van der Waals surface area (Å²) in [6.45, 7) is 0. The van der Waals surface area contributed by atoms with Crippen LogP contribution in [0.5, 0.6) is 5.75 Å². The van der Waals surface area contributed by atoms with Crippen LogP contribution in [0, 0.1) is 5.82 Å². The number of nitrogens with one attached hydrogen (secondary N) is 1. The van der Waals surface area contributed by atoms with Crippen LogP contribution >= 0.6 is 0 Å². The normalized spacial score (nSPS) is 11.4. The standard InChI is InChI=1S/C21H15FN4O3/c1-26-10-16(14-8-12(28-2)4-6-18(14)26)19(27)21-24-20(25-29-21)15-9-23-17-5-3-11(22)7-13(15)17/h3-10,23H,1-2H3. The number of halogens is 1. The molecular formula is C21H15FN4O3. The van der Waals surface area contributed by atoms with E-state index in [0.717, 1.165) is 16.4 Å². The van der Waals surface area contributed by atoms with Gasteiger partial charge in [-0.2, -0.15) is 4.98 Å². The van der Waals surface area contributed by atoms with E-state index in [9.17, 15) is 9.18 Å². The van der Waals surface area contributed by atoms with Crippen LogP contribution in [0.1, 0.15) is 16.2 Å². The van der Waals surface area contributed by atoms with Crippen LogP contribution in [-0.2, 0) is 7.05 Å². The molecule has 5 aromatic rings. The number of ether oxygens (including phenoxy) is 1. The molecule has 3 aromatic heterocycles. The van der Waals surface area contributed by atoms with Crippen LogP contribution in [-0.4, -0.2) is 32.6 Å². The monoisotopic (exact) mass is 390 g/mol. The van der Waals surface area contributed by atoms with E-state index in [1.165, 1.54) is 12.1 Å². The minimum atomic E-state index is -0.395. The third-order valence-corrected chi connectivity index (χ3v) is 4.95. The van der Waals surface area contributed by atoms with Crippen molar-refractivity contribution < 1.29 is 18.4 Å². The van der Waals surface area contributed by atoms with Crippen molar-refractivity contribution in [3.8, 4) is 17.1 Å². The van der Waals surface area contributed by atoms with Crippen molar-refractivity contribution >= 4 is 27.6 Å². The highest BCUT2D eigenvalue weighted by Crippen LogP contribution is 2.29. The summed E-state index contributed by atoms with van der Waals surface area (Å²) >= 11 is 0. The Morgan fingerprint density at radius 2 is 2.07 bits per heavy atom. The summed E-state index contributed by atoms with van der Waals surface area (Å²) in [6.07, 6.45) is 3.38. The second-order valence-electron chi connectivity index (χ2n) is 6.68. The largest absolute Gasteiger partial charge is 0.497 e. The highest BCUT2D eigenvalue weighted by atomic mass is 19.1. The van der Waals surface area contributed by atoms with Crippen LogP contribution < -0.4 is 4.74 Å². The molecule has 8 heteroatoms. The number of H-pyrrole nitrogens is 1. The molecule has 2 aromatic carbocycles. The molecule has 0 saturated carbocycles. The Hall–Kier alpha value is -3.94. The third-order valence-electron chi connectivity index (χ3n) is 4.95. The van der Waals surface area contributed by atoms with Crippen molar-refractivity contribution in [2.24, 2.45) is 7.05 Å². The lowest BCUT2D eigenvalue weighted by Crippen LogP contribution is -2.01. The van der Waals surface area contributed by atoms with Crippen molar-refractivity contribution in [1.82, 2.24) is 19.7 Å². The summed E-state index contributed by atoms with van der Waals surface area (Å²) in [6, 6.07) is 9.88. The number of hydrogen-bond acceptors (Lipinski definition) is 5. The molecule has 7 nitrogen and oxygen atoms in total. The Morgan fingerprint density at radius 3 is 2.90 bits per heavy atom. The van der Waals surface area contributed by atoms with Crippen molar-refractivity contribution in [3.05, 3.63) is 66.1 Å². The molecule has 0 amide bonds. The summed E-state index contributed by atoms with van der Waals surface area (Å²) < 4.78 is 26.0. The summed E-state index contributed by atoms with van der Waals surface area (Å²) in [5, 5.41) is 5.26. The highest BCUT2D eigenvalue weighted by Gasteiger charge is 2.23. The Morgan fingerprint density at radius 1 is 1.21 bits per heavy atom. The first kappa shape index (κ1) is 17.2. The number of benzene rings is 2. The molecule has 0 radical (unpaired) electrons. The van der Waals surface area contributed by atoms with E-state index < -0.39 is 5.78 Å². The van der Waals surface area contributed by atoms with E-state index in [-0.39, 0.29) is 17.5 Å². The van der Waals surface area contributed by atoms with E-state index in [0.29, 0.717) is 22.3 Å². The summed E-state index contributed by atoms with van der Waals surface area (Å²) in [5.74, 6) is -0.0506. The van der Waals surface area contributed by atoms with Gasteiger partial charge in [0.2, 0.25) is 5.82 Å². The molecule has 0 saturated heterocycles. The predicted molar refractivity (Wildman–Crippen MR) is 104 cm³/mol. The molecule has 0 bridgehead atoms. The topological polar surface area (TPSA) is 85.9 Å². The van der Waals surface area contributed by atoms with Gasteiger partial charge in [0.05, 0.1) is 12.7 Å². The molecule has 0 spiro atoms. The first-order valence-corrected chi connectivity index (χ1v) is 8.83. The van der Waals surface area contributed by atoms with Crippen LogP contribution in [0.25, 0.3) is 33.2 Å². The Bertz CT molecular complexity index is 1400. The fourth-order valence-electron chi connectivity index (χ4n) is 3.50. The third kappa shape index (κ3) is 2.68. The van der Waals surface area contributed by atoms with Gasteiger partial charge in [-0.1, -0.05) is 5.16 Å². The number of hydrogen-bond donors (Lipinski definition) is 1.